The first kappa shape index (κ1) is 27.3. The van der Waals surface area contributed by atoms with Gasteiger partial charge in [0.05, 0.1) is 11.9 Å². The van der Waals surface area contributed by atoms with Crippen molar-refractivity contribution in [1.82, 2.24) is 10.2 Å². The Kier molecular flexibility index (Phi) is 9.61. The number of carbonyl (C=O) groups is 2. The van der Waals surface area contributed by atoms with Crippen LogP contribution in [0.5, 0.6) is 0 Å². The van der Waals surface area contributed by atoms with Crippen LogP contribution in [0.4, 0.5) is 10.1 Å². The van der Waals surface area contributed by atoms with E-state index in [1.165, 1.54) is 17.0 Å². The topological polar surface area (TPSA) is 86.8 Å². The molecule has 1 N–H and O–H groups in total. The van der Waals surface area contributed by atoms with E-state index >= 15 is 0 Å². The maximum atomic E-state index is 13.6. The fourth-order valence-corrected chi connectivity index (χ4v) is 4.40. The second-order valence-electron chi connectivity index (χ2n) is 8.44. The van der Waals surface area contributed by atoms with E-state index in [4.69, 9.17) is 0 Å². The smallest absolute Gasteiger partial charge is 0.244 e. The Balaban J connectivity index is 2.44. The van der Waals surface area contributed by atoms with Gasteiger partial charge in [-0.05, 0) is 62.1 Å². The van der Waals surface area contributed by atoms with Gasteiger partial charge in [0.1, 0.15) is 18.4 Å². The molecule has 0 aliphatic carbocycles. The van der Waals surface area contributed by atoms with Crippen LogP contribution in [-0.4, -0.2) is 50.0 Å². The van der Waals surface area contributed by atoms with Crippen LogP contribution in [0.25, 0.3) is 0 Å². The van der Waals surface area contributed by atoms with Crippen molar-refractivity contribution in [2.24, 2.45) is 0 Å². The van der Waals surface area contributed by atoms with Crippen molar-refractivity contribution >= 4 is 27.5 Å². The number of hydrogen-bond acceptors (Lipinski definition) is 4. The van der Waals surface area contributed by atoms with Crippen molar-refractivity contribution in [3.63, 3.8) is 0 Å². The van der Waals surface area contributed by atoms with Crippen LogP contribution in [-0.2, 0) is 26.2 Å². The molecule has 0 aliphatic rings. The zero-order chi connectivity index (χ0) is 25.5. The molecule has 0 saturated carbocycles. The molecule has 34 heavy (non-hydrogen) atoms. The number of rotatable bonds is 11. The Morgan fingerprint density at radius 1 is 1.03 bits per heavy atom. The van der Waals surface area contributed by atoms with E-state index in [1.807, 2.05) is 52.0 Å². The molecule has 2 aromatic carbocycles. The third-order valence-corrected chi connectivity index (χ3v) is 6.92. The van der Waals surface area contributed by atoms with Crippen molar-refractivity contribution in [3.8, 4) is 0 Å². The highest BCUT2D eigenvalue weighted by Gasteiger charge is 2.32. The maximum absolute atomic E-state index is 13.6. The van der Waals surface area contributed by atoms with Crippen molar-refractivity contribution in [2.45, 2.75) is 59.2 Å². The number of carbonyl (C=O) groups excluding carboxylic acids is 2. The summed E-state index contributed by atoms with van der Waals surface area (Å²) in [6.07, 6.45) is 2.08. The summed E-state index contributed by atoms with van der Waals surface area (Å²) in [5, 5.41) is 2.93. The normalized spacial score (nSPS) is 13.1. The van der Waals surface area contributed by atoms with E-state index in [9.17, 15) is 22.4 Å². The molecule has 2 amide bonds. The molecule has 0 spiro atoms. The van der Waals surface area contributed by atoms with Crippen molar-refractivity contribution < 1.29 is 22.4 Å². The van der Waals surface area contributed by atoms with Crippen molar-refractivity contribution in [1.29, 1.82) is 0 Å². The van der Waals surface area contributed by atoms with Crippen molar-refractivity contribution in [3.05, 3.63) is 65.5 Å². The minimum atomic E-state index is -3.85. The van der Waals surface area contributed by atoms with E-state index in [1.54, 1.807) is 0 Å². The molecule has 7 nitrogen and oxygen atoms in total. The average Bonchev–Trinajstić information content (AvgIpc) is 2.78. The fourth-order valence-electron chi connectivity index (χ4n) is 3.55. The lowest BCUT2D eigenvalue weighted by molar-refractivity contribution is -0.140. The predicted octanol–water partition coefficient (Wildman–Crippen LogP) is 3.62. The lowest BCUT2D eigenvalue weighted by Crippen LogP contribution is -2.53. The highest BCUT2D eigenvalue weighted by atomic mass is 32.2. The van der Waals surface area contributed by atoms with E-state index in [2.05, 4.69) is 5.32 Å². The quantitative estimate of drug-likeness (QED) is 0.520. The molecule has 0 aliphatic heterocycles. The van der Waals surface area contributed by atoms with Crippen LogP contribution < -0.4 is 9.62 Å². The van der Waals surface area contributed by atoms with Crippen LogP contribution in [0.3, 0.4) is 0 Å². The molecule has 0 unspecified atom stereocenters. The summed E-state index contributed by atoms with van der Waals surface area (Å²) in [7, 11) is -3.85. The molecule has 2 aromatic rings. The first-order valence-electron chi connectivity index (χ1n) is 11.4. The van der Waals surface area contributed by atoms with E-state index in [0.29, 0.717) is 6.42 Å². The predicted molar refractivity (Wildman–Crippen MR) is 132 cm³/mol. The Labute approximate surface area is 202 Å². The van der Waals surface area contributed by atoms with Crippen LogP contribution in [0.1, 0.15) is 44.7 Å². The molecule has 0 heterocycles. The third-order valence-electron chi connectivity index (χ3n) is 5.78. The minimum Gasteiger partial charge on any atom is -0.352 e. The number of amides is 2. The Bertz CT molecular complexity index is 1090. The Morgan fingerprint density at radius 3 is 2.18 bits per heavy atom. The van der Waals surface area contributed by atoms with Crippen LogP contribution in [0, 0.1) is 12.7 Å². The first-order chi connectivity index (χ1) is 16.0. The summed E-state index contributed by atoms with van der Waals surface area (Å²) in [5.41, 5.74) is 1.99. The number of anilines is 1. The van der Waals surface area contributed by atoms with Crippen LogP contribution >= 0.6 is 0 Å². The van der Waals surface area contributed by atoms with E-state index in [-0.39, 0.29) is 24.2 Å². The number of hydrogen-bond donors (Lipinski definition) is 1. The monoisotopic (exact) mass is 491 g/mol. The molecule has 0 aromatic heterocycles. The van der Waals surface area contributed by atoms with Crippen LogP contribution in [0.2, 0.25) is 0 Å². The molecule has 0 bridgehead atoms. The fraction of sp³-hybridized carbons (Fsp3) is 0.440. The largest absolute Gasteiger partial charge is 0.352 e. The third kappa shape index (κ3) is 7.28. The second-order valence-corrected chi connectivity index (χ2v) is 10.3. The number of aryl methyl sites for hydroxylation is 1. The van der Waals surface area contributed by atoms with Crippen LogP contribution in [0.15, 0.2) is 48.5 Å². The summed E-state index contributed by atoms with van der Waals surface area (Å²) < 4.78 is 39.4. The number of sulfonamides is 1. The van der Waals surface area contributed by atoms with Gasteiger partial charge in [-0.3, -0.25) is 13.9 Å². The lowest BCUT2D eigenvalue weighted by Gasteiger charge is -2.33. The molecule has 0 fully saturated rings. The molecule has 2 rings (SSSR count). The van der Waals surface area contributed by atoms with Gasteiger partial charge in [-0.2, -0.15) is 0 Å². The van der Waals surface area contributed by atoms with Crippen molar-refractivity contribution in [2.75, 3.05) is 17.1 Å². The Morgan fingerprint density at radius 2 is 1.65 bits per heavy atom. The standard InChI is InChI=1S/C25H34FN3O4S/c1-6-19(4)27-25(31)23(7-2)28(16-20-11-9-8-10-18(20)3)24(30)17-29(34(5,32)33)22-14-12-21(26)13-15-22/h8-15,19,23H,6-7,16-17H2,1-5H3,(H,27,31)/t19-,23-/m1/s1. The lowest BCUT2D eigenvalue weighted by atomic mass is 10.1. The molecule has 0 radical (unpaired) electrons. The second kappa shape index (κ2) is 12.0. The SMILES string of the molecule is CC[C@@H](C)NC(=O)[C@@H](CC)N(Cc1ccccc1C)C(=O)CN(c1ccc(F)cc1)S(C)(=O)=O. The molecule has 186 valence electrons. The Hall–Kier alpha value is -2.94. The summed E-state index contributed by atoms with van der Waals surface area (Å²) in [6.45, 7) is 7.21. The van der Waals surface area contributed by atoms with Gasteiger partial charge < -0.3 is 10.2 Å². The molecular weight excluding hydrogens is 457 g/mol. The van der Waals surface area contributed by atoms with Gasteiger partial charge in [0, 0.05) is 12.6 Å². The maximum Gasteiger partial charge on any atom is 0.244 e. The number of nitrogens with zero attached hydrogens (tertiary/aromatic N) is 2. The highest BCUT2D eigenvalue weighted by molar-refractivity contribution is 7.92. The number of halogens is 1. The van der Waals surface area contributed by atoms with Gasteiger partial charge in [-0.1, -0.05) is 38.1 Å². The number of benzene rings is 2. The van der Waals surface area contributed by atoms with E-state index < -0.39 is 34.3 Å². The zero-order valence-corrected chi connectivity index (χ0v) is 21.2. The van der Waals surface area contributed by atoms with Gasteiger partial charge in [0.2, 0.25) is 21.8 Å². The summed E-state index contributed by atoms with van der Waals surface area (Å²) in [5.74, 6) is -1.33. The van der Waals surface area contributed by atoms with Gasteiger partial charge in [-0.15, -0.1) is 0 Å². The highest BCUT2D eigenvalue weighted by Crippen LogP contribution is 2.21. The molecule has 0 saturated heterocycles. The summed E-state index contributed by atoms with van der Waals surface area (Å²) in [4.78, 5) is 28.1. The van der Waals surface area contributed by atoms with Gasteiger partial charge >= 0.3 is 0 Å². The zero-order valence-electron chi connectivity index (χ0n) is 20.4. The van der Waals surface area contributed by atoms with Gasteiger partial charge in [0.15, 0.2) is 0 Å². The molecule has 2 atom stereocenters. The molecular formula is C25H34FN3O4S. The average molecular weight is 492 g/mol. The first-order valence-corrected chi connectivity index (χ1v) is 13.2. The van der Waals surface area contributed by atoms with Gasteiger partial charge in [0.25, 0.3) is 0 Å². The summed E-state index contributed by atoms with van der Waals surface area (Å²) >= 11 is 0. The van der Waals surface area contributed by atoms with E-state index in [0.717, 1.165) is 40.2 Å². The minimum absolute atomic E-state index is 0.0660. The number of nitrogens with one attached hydrogen (secondary N) is 1. The van der Waals surface area contributed by atoms with Gasteiger partial charge in [-0.25, -0.2) is 12.8 Å². The summed E-state index contributed by atoms with van der Waals surface area (Å²) in [6, 6.07) is 11.6. The molecule has 9 heteroatoms.